The van der Waals surface area contributed by atoms with Crippen LogP contribution in [-0.4, -0.2) is 48.9 Å². The van der Waals surface area contributed by atoms with E-state index < -0.39 is 0 Å². The third-order valence-corrected chi connectivity index (χ3v) is 5.28. The van der Waals surface area contributed by atoms with Gasteiger partial charge in [-0.05, 0) is 31.3 Å². The number of amides is 2. The Morgan fingerprint density at radius 3 is 2.35 bits per heavy atom. The second-order valence-electron chi connectivity index (χ2n) is 6.82. The van der Waals surface area contributed by atoms with E-state index in [1.54, 1.807) is 0 Å². The molecule has 0 aromatic heterocycles. The molecule has 0 heterocycles. The normalized spacial score (nSPS) is 24.5. The minimum atomic E-state index is -0.0302. The summed E-state index contributed by atoms with van der Waals surface area (Å²) in [4.78, 5) is 26.1. The molecule has 0 aromatic rings. The molecule has 3 atom stereocenters. The van der Waals surface area contributed by atoms with E-state index in [2.05, 4.69) is 43.2 Å². The SMILES string of the molecule is CCN(CC)CCNC(=O)CCC(=O)N[C@@H]1CCC[C@H](C)[C@@H]1C. The van der Waals surface area contributed by atoms with E-state index in [1.807, 2.05) is 0 Å². The monoisotopic (exact) mass is 325 g/mol. The topological polar surface area (TPSA) is 61.4 Å². The third-order valence-electron chi connectivity index (χ3n) is 5.28. The molecule has 0 aromatic carbocycles. The molecule has 0 unspecified atom stereocenters. The first kappa shape index (κ1) is 19.9. The number of nitrogens with one attached hydrogen (secondary N) is 2. The van der Waals surface area contributed by atoms with E-state index >= 15 is 0 Å². The van der Waals surface area contributed by atoms with Gasteiger partial charge in [0.15, 0.2) is 0 Å². The average Bonchev–Trinajstić information content (AvgIpc) is 2.54. The van der Waals surface area contributed by atoms with Crippen molar-refractivity contribution in [2.45, 2.75) is 65.8 Å². The molecule has 0 spiro atoms. The Kier molecular flexibility index (Phi) is 9.22. The molecule has 0 bridgehead atoms. The molecular formula is C18H35N3O2. The van der Waals surface area contributed by atoms with Gasteiger partial charge < -0.3 is 15.5 Å². The van der Waals surface area contributed by atoms with Crippen LogP contribution in [0.15, 0.2) is 0 Å². The Balaban J connectivity index is 2.18. The molecule has 0 aliphatic heterocycles. The van der Waals surface area contributed by atoms with Crippen molar-refractivity contribution in [2.75, 3.05) is 26.2 Å². The molecule has 0 radical (unpaired) electrons. The number of carbonyl (C=O) groups is 2. The molecule has 134 valence electrons. The molecule has 1 aliphatic rings. The molecule has 1 fully saturated rings. The van der Waals surface area contributed by atoms with Crippen molar-refractivity contribution >= 4 is 11.8 Å². The lowest BCUT2D eigenvalue weighted by Gasteiger charge is -2.34. The smallest absolute Gasteiger partial charge is 0.220 e. The lowest BCUT2D eigenvalue weighted by Crippen LogP contribution is -2.44. The maximum atomic E-state index is 12.0. The number of hydrogen-bond acceptors (Lipinski definition) is 3. The second kappa shape index (κ2) is 10.6. The fourth-order valence-electron chi connectivity index (χ4n) is 3.27. The summed E-state index contributed by atoms with van der Waals surface area (Å²) in [7, 11) is 0. The lowest BCUT2D eigenvalue weighted by atomic mass is 9.78. The third kappa shape index (κ3) is 7.34. The van der Waals surface area contributed by atoms with Crippen LogP contribution >= 0.6 is 0 Å². The van der Waals surface area contributed by atoms with E-state index in [1.165, 1.54) is 12.8 Å². The Bertz CT molecular complexity index is 369. The highest BCUT2D eigenvalue weighted by Crippen LogP contribution is 2.29. The van der Waals surface area contributed by atoms with Gasteiger partial charge >= 0.3 is 0 Å². The summed E-state index contributed by atoms with van der Waals surface area (Å²) >= 11 is 0. The van der Waals surface area contributed by atoms with Crippen LogP contribution in [0.2, 0.25) is 0 Å². The van der Waals surface area contributed by atoms with Crippen molar-refractivity contribution in [1.82, 2.24) is 15.5 Å². The summed E-state index contributed by atoms with van der Waals surface area (Å²) in [6.45, 7) is 12.2. The number of nitrogens with zero attached hydrogens (tertiary/aromatic N) is 1. The van der Waals surface area contributed by atoms with E-state index in [0.717, 1.165) is 26.1 Å². The van der Waals surface area contributed by atoms with E-state index in [4.69, 9.17) is 0 Å². The van der Waals surface area contributed by atoms with Crippen LogP contribution in [0, 0.1) is 11.8 Å². The van der Waals surface area contributed by atoms with Crippen LogP contribution in [0.1, 0.15) is 59.8 Å². The minimum Gasteiger partial charge on any atom is -0.355 e. The fourth-order valence-corrected chi connectivity index (χ4v) is 3.27. The van der Waals surface area contributed by atoms with Gasteiger partial charge in [0.2, 0.25) is 11.8 Å². The molecule has 1 rings (SSSR count). The Hall–Kier alpha value is -1.10. The molecule has 1 aliphatic carbocycles. The Morgan fingerprint density at radius 2 is 1.70 bits per heavy atom. The summed E-state index contributed by atoms with van der Waals surface area (Å²) in [6.07, 6.45) is 4.06. The summed E-state index contributed by atoms with van der Waals surface area (Å²) in [5.41, 5.74) is 0. The van der Waals surface area contributed by atoms with Crippen LogP contribution in [-0.2, 0) is 9.59 Å². The maximum absolute atomic E-state index is 12.0. The zero-order valence-electron chi connectivity index (χ0n) is 15.4. The molecule has 2 amide bonds. The van der Waals surface area contributed by atoms with Gasteiger partial charge in [0, 0.05) is 32.0 Å². The van der Waals surface area contributed by atoms with Crippen LogP contribution in [0.25, 0.3) is 0 Å². The van der Waals surface area contributed by atoms with Crippen molar-refractivity contribution < 1.29 is 9.59 Å². The summed E-state index contributed by atoms with van der Waals surface area (Å²) in [6, 6.07) is 0.275. The number of hydrogen-bond donors (Lipinski definition) is 2. The van der Waals surface area contributed by atoms with Gasteiger partial charge in [-0.25, -0.2) is 0 Å². The van der Waals surface area contributed by atoms with Crippen LogP contribution in [0.4, 0.5) is 0 Å². The summed E-state index contributed by atoms with van der Waals surface area (Å²) < 4.78 is 0. The first-order valence-corrected chi connectivity index (χ1v) is 9.26. The molecule has 2 N–H and O–H groups in total. The molecule has 1 saturated carbocycles. The number of rotatable bonds is 9. The highest BCUT2D eigenvalue weighted by atomic mass is 16.2. The number of carbonyl (C=O) groups excluding carboxylic acids is 2. The largest absolute Gasteiger partial charge is 0.355 e. The minimum absolute atomic E-state index is 0.00911. The molecule has 5 nitrogen and oxygen atoms in total. The van der Waals surface area contributed by atoms with Gasteiger partial charge in [0.05, 0.1) is 0 Å². The Labute approximate surface area is 141 Å². The van der Waals surface area contributed by atoms with E-state index in [9.17, 15) is 9.59 Å². The lowest BCUT2D eigenvalue weighted by molar-refractivity contribution is -0.127. The average molecular weight is 325 g/mol. The number of likely N-dealkylation sites (N-methyl/N-ethyl adjacent to an activating group) is 1. The quantitative estimate of drug-likeness (QED) is 0.683. The predicted molar refractivity (Wildman–Crippen MR) is 94.1 cm³/mol. The van der Waals surface area contributed by atoms with E-state index in [0.29, 0.717) is 18.4 Å². The van der Waals surface area contributed by atoms with Crippen molar-refractivity contribution in [3.63, 3.8) is 0 Å². The molecule has 0 saturated heterocycles. The van der Waals surface area contributed by atoms with Crippen molar-refractivity contribution in [3.8, 4) is 0 Å². The highest BCUT2D eigenvalue weighted by molar-refractivity contribution is 5.83. The van der Waals surface area contributed by atoms with E-state index in [-0.39, 0.29) is 30.7 Å². The first-order chi connectivity index (χ1) is 11.0. The standard InChI is InChI=1S/C18H35N3O2/c1-5-21(6-2)13-12-19-17(22)10-11-18(23)20-16-9-7-8-14(3)15(16)4/h14-16H,5-13H2,1-4H3,(H,19,22)(H,20,23)/t14-,15-,16+/m0/s1. The highest BCUT2D eigenvalue weighted by Gasteiger charge is 2.27. The van der Waals surface area contributed by atoms with Gasteiger partial charge in [-0.1, -0.05) is 40.5 Å². The zero-order chi connectivity index (χ0) is 17.2. The zero-order valence-corrected chi connectivity index (χ0v) is 15.4. The Morgan fingerprint density at radius 1 is 1.04 bits per heavy atom. The molecule has 5 heteroatoms. The van der Waals surface area contributed by atoms with Crippen LogP contribution in [0.3, 0.4) is 0 Å². The predicted octanol–water partition coefficient (Wildman–Crippen LogP) is 2.17. The van der Waals surface area contributed by atoms with Gasteiger partial charge in [-0.3, -0.25) is 9.59 Å². The van der Waals surface area contributed by atoms with Crippen LogP contribution in [0.5, 0.6) is 0 Å². The van der Waals surface area contributed by atoms with Crippen molar-refractivity contribution in [3.05, 3.63) is 0 Å². The van der Waals surface area contributed by atoms with Crippen molar-refractivity contribution in [1.29, 1.82) is 0 Å². The summed E-state index contributed by atoms with van der Waals surface area (Å²) in [5, 5.41) is 6.02. The fraction of sp³-hybridized carbons (Fsp3) is 0.889. The van der Waals surface area contributed by atoms with Gasteiger partial charge in [0.25, 0.3) is 0 Å². The van der Waals surface area contributed by atoms with Gasteiger partial charge in [-0.2, -0.15) is 0 Å². The van der Waals surface area contributed by atoms with Crippen molar-refractivity contribution in [2.24, 2.45) is 11.8 Å². The van der Waals surface area contributed by atoms with Crippen LogP contribution < -0.4 is 10.6 Å². The first-order valence-electron chi connectivity index (χ1n) is 9.26. The molecule has 23 heavy (non-hydrogen) atoms. The maximum Gasteiger partial charge on any atom is 0.220 e. The second-order valence-corrected chi connectivity index (χ2v) is 6.82. The van der Waals surface area contributed by atoms with Gasteiger partial charge in [-0.15, -0.1) is 0 Å². The van der Waals surface area contributed by atoms with Gasteiger partial charge in [0.1, 0.15) is 0 Å². The molecular weight excluding hydrogens is 290 g/mol. The summed E-state index contributed by atoms with van der Waals surface area (Å²) in [5.74, 6) is 1.17.